The van der Waals surface area contributed by atoms with E-state index in [4.69, 9.17) is 21.1 Å². The van der Waals surface area contributed by atoms with Gasteiger partial charge in [-0.25, -0.2) is 4.79 Å². The summed E-state index contributed by atoms with van der Waals surface area (Å²) in [5.74, 6) is -7.66. The molecule has 5 unspecified atom stereocenters. The maximum absolute atomic E-state index is 12.6. The first-order chi connectivity index (χ1) is 14.7. The number of rotatable bonds is 14. The first-order valence-electron chi connectivity index (χ1n) is 9.68. The molecule has 0 saturated heterocycles. The van der Waals surface area contributed by atoms with Crippen LogP contribution in [-0.4, -0.2) is 86.3 Å². The van der Waals surface area contributed by atoms with Gasteiger partial charge in [0.1, 0.15) is 18.1 Å². The topological polar surface area (TPSA) is 245 Å². The minimum absolute atomic E-state index is 0.216. The molecular formula is C18H30N4O10. The summed E-state index contributed by atoms with van der Waals surface area (Å²) in [5, 5.41) is 42.9. The van der Waals surface area contributed by atoms with Crippen molar-refractivity contribution < 1.29 is 49.2 Å². The second kappa shape index (κ2) is 13.2. The fraction of sp³-hybridized carbons (Fsp3) is 0.667. The van der Waals surface area contributed by atoms with Crippen molar-refractivity contribution in [1.82, 2.24) is 16.0 Å². The van der Waals surface area contributed by atoms with Crippen LogP contribution in [0.15, 0.2) is 0 Å². The predicted molar refractivity (Wildman–Crippen MR) is 107 cm³/mol. The van der Waals surface area contributed by atoms with Gasteiger partial charge in [0.25, 0.3) is 0 Å². The van der Waals surface area contributed by atoms with E-state index in [1.54, 1.807) is 0 Å². The molecule has 0 rings (SSSR count). The number of hydrogen-bond donors (Lipinski definition) is 8. The van der Waals surface area contributed by atoms with E-state index in [2.05, 4.69) is 10.6 Å². The average Bonchev–Trinajstić information content (AvgIpc) is 2.66. The van der Waals surface area contributed by atoms with Crippen LogP contribution in [0.4, 0.5) is 0 Å². The molecule has 0 spiro atoms. The van der Waals surface area contributed by atoms with Gasteiger partial charge < -0.3 is 42.1 Å². The quantitative estimate of drug-likeness (QED) is 0.131. The molecule has 9 N–H and O–H groups in total. The molecular weight excluding hydrogens is 432 g/mol. The fourth-order valence-electron chi connectivity index (χ4n) is 2.49. The molecule has 32 heavy (non-hydrogen) atoms. The van der Waals surface area contributed by atoms with Crippen molar-refractivity contribution in [3.05, 3.63) is 0 Å². The van der Waals surface area contributed by atoms with Crippen LogP contribution in [-0.2, 0) is 28.8 Å². The molecule has 0 aliphatic carbocycles. The Kier molecular flexibility index (Phi) is 11.9. The average molecular weight is 462 g/mol. The van der Waals surface area contributed by atoms with E-state index in [0.717, 1.165) is 0 Å². The van der Waals surface area contributed by atoms with E-state index < -0.39 is 84.7 Å². The van der Waals surface area contributed by atoms with E-state index in [0.29, 0.717) is 0 Å². The number of carbonyl (C=O) groups excluding carboxylic acids is 3. The Morgan fingerprint density at radius 1 is 0.781 bits per heavy atom. The van der Waals surface area contributed by atoms with Crippen LogP contribution in [0, 0.1) is 5.92 Å². The SMILES string of the molecule is CC(C)C(NC(=O)C(NC(=O)C(N)CCC(=O)O)C(C)O)C(=O)NC(CC(=O)O)C(=O)O. The van der Waals surface area contributed by atoms with Crippen molar-refractivity contribution in [2.75, 3.05) is 0 Å². The van der Waals surface area contributed by atoms with Crippen molar-refractivity contribution in [1.29, 1.82) is 0 Å². The summed E-state index contributed by atoms with van der Waals surface area (Å²) >= 11 is 0. The summed E-state index contributed by atoms with van der Waals surface area (Å²) in [6.45, 7) is 4.23. The second-order valence-corrected chi connectivity index (χ2v) is 7.49. The van der Waals surface area contributed by atoms with E-state index in [1.807, 2.05) is 5.32 Å². The molecule has 14 heteroatoms. The zero-order valence-corrected chi connectivity index (χ0v) is 17.9. The molecule has 0 aromatic heterocycles. The number of hydrogen-bond acceptors (Lipinski definition) is 8. The van der Waals surface area contributed by atoms with Crippen LogP contribution in [0.25, 0.3) is 0 Å². The molecule has 0 aromatic carbocycles. The number of carboxylic acid groups (broad SMARTS) is 3. The number of nitrogens with two attached hydrogens (primary N) is 1. The summed E-state index contributed by atoms with van der Waals surface area (Å²) in [7, 11) is 0. The Labute approximate surface area is 183 Å². The molecule has 14 nitrogen and oxygen atoms in total. The van der Waals surface area contributed by atoms with Gasteiger partial charge in [-0.15, -0.1) is 0 Å². The molecule has 0 heterocycles. The standard InChI is InChI=1S/C18H30N4O10/c1-7(2)13(16(29)20-10(18(31)32)6-12(26)27)21-17(30)14(8(3)23)22-15(28)9(19)4-5-11(24)25/h7-10,13-14,23H,4-6,19H2,1-3H3,(H,20,29)(H,21,30)(H,22,28)(H,24,25)(H,26,27)(H,31,32). The van der Waals surface area contributed by atoms with Crippen molar-refractivity contribution in [3.8, 4) is 0 Å². The molecule has 0 radical (unpaired) electrons. The number of aliphatic hydroxyl groups is 1. The number of aliphatic hydroxyl groups excluding tert-OH is 1. The Bertz CT molecular complexity index is 725. The first kappa shape index (κ1) is 28.7. The monoisotopic (exact) mass is 462 g/mol. The zero-order valence-electron chi connectivity index (χ0n) is 17.9. The third kappa shape index (κ3) is 10.2. The van der Waals surface area contributed by atoms with Crippen LogP contribution in [0.2, 0.25) is 0 Å². The van der Waals surface area contributed by atoms with Crippen LogP contribution < -0.4 is 21.7 Å². The highest BCUT2D eigenvalue weighted by Gasteiger charge is 2.34. The van der Waals surface area contributed by atoms with Gasteiger partial charge in [-0.1, -0.05) is 13.8 Å². The summed E-state index contributed by atoms with van der Waals surface area (Å²) in [5.41, 5.74) is 5.58. The summed E-state index contributed by atoms with van der Waals surface area (Å²) in [6.07, 6.45) is -2.93. The molecule has 0 bridgehead atoms. The van der Waals surface area contributed by atoms with Crippen LogP contribution in [0.1, 0.15) is 40.0 Å². The lowest BCUT2D eigenvalue weighted by atomic mass is 10.0. The van der Waals surface area contributed by atoms with Crippen molar-refractivity contribution >= 4 is 35.6 Å². The number of carboxylic acids is 3. The Balaban J connectivity index is 5.33. The normalized spacial score (nSPS) is 15.6. The fourth-order valence-corrected chi connectivity index (χ4v) is 2.49. The summed E-state index contributed by atoms with van der Waals surface area (Å²) < 4.78 is 0. The highest BCUT2D eigenvalue weighted by atomic mass is 16.4. The van der Waals surface area contributed by atoms with Gasteiger partial charge in [-0.3, -0.25) is 24.0 Å². The first-order valence-corrected chi connectivity index (χ1v) is 9.68. The second-order valence-electron chi connectivity index (χ2n) is 7.49. The highest BCUT2D eigenvalue weighted by molar-refractivity contribution is 5.95. The lowest BCUT2D eigenvalue weighted by Gasteiger charge is -2.28. The van der Waals surface area contributed by atoms with E-state index in [9.17, 15) is 33.9 Å². The minimum atomic E-state index is -1.74. The number of nitrogens with one attached hydrogen (secondary N) is 3. The van der Waals surface area contributed by atoms with Gasteiger partial charge in [0.2, 0.25) is 17.7 Å². The Morgan fingerprint density at radius 3 is 1.69 bits per heavy atom. The van der Waals surface area contributed by atoms with Gasteiger partial charge in [0.05, 0.1) is 18.6 Å². The molecule has 0 fully saturated rings. The lowest BCUT2D eigenvalue weighted by Crippen LogP contribution is -2.60. The van der Waals surface area contributed by atoms with Gasteiger partial charge in [0, 0.05) is 6.42 Å². The molecule has 5 atom stereocenters. The smallest absolute Gasteiger partial charge is 0.326 e. The largest absolute Gasteiger partial charge is 0.481 e. The van der Waals surface area contributed by atoms with E-state index >= 15 is 0 Å². The highest BCUT2D eigenvalue weighted by Crippen LogP contribution is 2.06. The number of aliphatic carboxylic acids is 3. The third-order valence-corrected chi connectivity index (χ3v) is 4.31. The van der Waals surface area contributed by atoms with Crippen molar-refractivity contribution in [2.45, 2.75) is 70.3 Å². The van der Waals surface area contributed by atoms with Crippen molar-refractivity contribution in [3.63, 3.8) is 0 Å². The summed E-state index contributed by atoms with van der Waals surface area (Å²) in [6, 6.07) is -5.88. The molecule has 0 aliphatic rings. The Morgan fingerprint density at radius 2 is 1.28 bits per heavy atom. The van der Waals surface area contributed by atoms with Crippen LogP contribution in [0.3, 0.4) is 0 Å². The Hall–Kier alpha value is -3.26. The van der Waals surface area contributed by atoms with Gasteiger partial charge in [0.15, 0.2) is 0 Å². The summed E-state index contributed by atoms with van der Waals surface area (Å²) in [4.78, 5) is 69.8. The van der Waals surface area contributed by atoms with Gasteiger partial charge in [-0.2, -0.15) is 0 Å². The van der Waals surface area contributed by atoms with Gasteiger partial charge >= 0.3 is 17.9 Å². The maximum Gasteiger partial charge on any atom is 0.326 e. The van der Waals surface area contributed by atoms with E-state index in [-0.39, 0.29) is 6.42 Å². The zero-order chi connectivity index (χ0) is 25.2. The lowest BCUT2D eigenvalue weighted by molar-refractivity contribution is -0.147. The third-order valence-electron chi connectivity index (χ3n) is 4.31. The molecule has 3 amide bonds. The molecule has 0 aromatic rings. The number of amides is 3. The molecule has 182 valence electrons. The maximum atomic E-state index is 12.6. The van der Waals surface area contributed by atoms with Crippen molar-refractivity contribution in [2.24, 2.45) is 11.7 Å². The number of carbonyl (C=O) groups is 6. The molecule has 0 saturated carbocycles. The van der Waals surface area contributed by atoms with E-state index in [1.165, 1.54) is 20.8 Å². The van der Waals surface area contributed by atoms with Gasteiger partial charge in [-0.05, 0) is 19.3 Å². The van der Waals surface area contributed by atoms with Crippen LogP contribution in [0.5, 0.6) is 0 Å². The minimum Gasteiger partial charge on any atom is -0.481 e. The molecule has 0 aliphatic heterocycles. The predicted octanol–water partition coefficient (Wildman–Crippen LogP) is -2.77. The van der Waals surface area contributed by atoms with Crippen LogP contribution >= 0.6 is 0 Å².